The third-order valence-electron chi connectivity index (χ3n) is 6.87. The van der Waals surface area contributed by atoms with E-state index in [4.69, 9.17) is 4.74 Å². The monoisotopic (exact) mass is 576 g/mol. The van der Waals surface area contributed by atoms with Crippen molar-refractivity contribution in [1.82, 2.24) is 9.80 Å². The lowest BCUT2D eigenvalue weighted by atomic mass is 9.95. The number of likely N-dealkylation sites (N-methyl/N-ethyl adjacent to an activating group) is 1. The van der Waals surface area contributed by atoms with Gasteiger partial charge in [-0.25, -0.2) is 0 Å². The highest BCUT2D eigenvalue weighted by Gasteiger charge is 2.46. The van der Waals surface area contributed by atoms with Crippen molar-refractivity contribution in [2.24, 2.45) is 0 Å². The molecule has 7 heteroatoms. The summed E-state index contributed by atoms with van der Waals surface area (Å²) in [7, 11) is 0. The van der Waals surface area contributed by atoms with Crippen LogP contribution in [0.15, 0.2) is 82.8 Å². The van der Waals surface area contributed by atoms with Crippen LogP contribution in [-0.4, -0.2) is 52.8 Å². The molecular formula is C31H33BrN2O4. The van der Waals surface area contributed by atoms with E-state index in [1.807, 2.05) is 49.4 Å². The van der Waals surface area contributed by atoms with Crippen LogP contribution in [-0.2, 0) is 16.2 Å². The van der Waals surface area contributed by atoms with E-state index in [1.165, 1.54) is 5.56 Å². The molecule has 38 heavy (non-hydrogen) atoms. The first-order valence-electron chi connectivity index (χ1n) is 12.9. The van der Waals surface area contributed by atoms with Gasteiger partial charge in [0.2, 0.25) is 0 Å². The maximum atomic E-state index is 13.3. The quantitative estimate of drug-likeness (QED) is 0.179. The minimum absolute atomic E-state index is 0.0982. The van der Waals surface area contributed by atoms with Crippen molar-refractivity contribution in [3.63, 3.8) is 0 Å². The SMILES string of the molecule is CCN(CC)CCN1C(=O)C(=O)C(=C(O)c2ccc(OCc3cccc(C)c3)cc2)C1c1cccc(Br)c1. The number of ketones is 1. The van der Waals surface area contributed by atoms with Crippen molar-refractivity contribution in [2.45, 2.75) is 33.4 Å². The minimum Gasteiger partial charge on any atom is -0.507 e. The molecule has 3 aromatic carbocycles. The number of benzene rings is 3. The van der Waals surface area contributed by atoms with Crippen LogP contribution < -0.4 is 4.74 Å². The Bertz CT molecular complexity index is 1330. The maximum Gasteiger partial charge on any atom is 0.295 e. The third kappa shape index (κ3) is 6.17. The predicted octanol–water partition coefficient (Wildman–Crippen LogP) is 6.10. The normalized spacial score (nSPS) is 16.9. The molecule has 1 aliphatic rings. The fraction of sp³-hybridized carbons (Fsp3) is 0.290. The summed E-state index contributed by atoms with van der Waals surface area (Å²) in [6.07, 6.45) is 0. The van der Waals surface area contributed by atoms with Gasteiger partial charge in [0.25, 0.3) is 11.7 Å². The molecule has 1 amide bonds. The number of aliphatic hydroxyl groups is 1. The van der Waals surface area contributed by atoms with Crippen molar-refractivity contribution < 1.29 is 19.4 Å². The number of halogens is 1. The standard InChI is InChI=1S/C31H33BrN2O4/c1-4-33(5-2)16-17-34-28(24-10-7-11-25(32)19-24)27(30(36)31(34)37)29(35)23-12-14-26(15-13-23)38-20-22-9-6-8-21(3)18-22/h6-15,18-19,28,35H,4-5,16-17,20H2,1-3H3. The van der Waals surface area contributed by atoms with E-state index in [9.17, 15) is 14.7 Å². The van der Waals surface area contributed by atoms with Gasteiger partial charge in [0.15, 0.2) is 0 Å². The van der Waals surface area contributed by atoms with Gasteiger partial charge in [-0.15, -0.1) is 0 Å². The van der Waals surface area contributed by atoms with Gasteiger partial charge < -0.3 is 19.6 Å². The summed E-state index contributed by atoms with van der Waals surface area (Å²) < 4.78 is 6.74. The minimum atomic E-state index is -0.680. The molecule has 3 aromatic rings. The molecule has 1 heterocycles. The second-order valence-electron chi connectivity index (χ2n) is 9.38. The first-order valence-corrected chi connectivity index (χ1v) is 13.7. The van der Waals surface area contributed by atoms with Crippen LogP contribution in [0, 0.1) is 6.92 Å². The molecule has 0 aliphatic carbocycles. The number of aryl methyl sites for hydroxylation is 1. The third-order valence-corrected chi connectivity index (χ3v) is 7.36. The van der Waals surface area contributed by atoms with E-state index < -0.39 is 17.7 Å². The molecule has 4 rings (SSSR count). The van der Waals surface area contributed by atoms with Crippen molar-refractivity contribution >= 4 is 33.4 Å². The Morgan fingerprint density at radius 2 is 1.71 bits per heavy atom. The Morgan fingerprint density at radius 3 is 2.37 bits per heavy atom. The highest BCUT2D eigenvalue weighted by atomic mass is 79.9. The topological polar surface area (TPSA) is 70.1 Å². The van der Waals surface area contributed by atoms with Crippen LogP contribution in [0.4, 0.5) is 0 Å². The first kappa shape index (κ1) is 27.6. The molecular weight excluding hydrogens is 544 g/mol. The van der Waals surface area contributed by atoms with Crippen LogP contribution in [0.25, 0.3) is 5.76 Å². The van der Waals surface area contributed by atoms with Crippen LogP contribution >= 0.6 is 15.9 Å². The zero-order valence-electron chi connectivity index (χ0n) is 22.0. The average molecular weight is 578 g/mol. The summed E-state index contributed by atoms with van der Waals surface area (Å²) in [5.41, 5.74) is 3.55. The van der Waals surface area contributed by atoms with Gasteiger partial charge in [-0.05, 0) is 67.5 Å². The molecule has 0 aromatic heterocycles. The molecule has 0 bridgehead atoms. The van der Waals surface area contributed by atoms with Crippen LogP contribution in [0.2, 0.25) is 0 Å². The second kappa shape index (κ2) is 12.4. The maximum absolute atomic E-state index is 13.3. The van der Waals surface area contributed by atoms with Gasteiger partial charge in [-0.3, -0.25) is 9.59 Å². The number of hydrogen-bond donors (Lipinski definition) is 1. The molecule has 1 unspecified atom stereocenters. The molecule has 0 saturated carbocycles. The van der Waals surface area contributed by atoms with Crippen LogP contribution in [0.5, 0.6) is 5.75 Å². The number of carbonyl (C=O) groups excluding carboxylic acids is 2. The van der Waals surface area contributed by atoms with E-state index in [-0.39, 0.29) is 11.3 Å². The molecule has 0 spiro atoms. The van der Waals surface area contributed by atoms with Gasteiger partial charge in [0.05, 0.1) is 11.6 Å². The fourth-order valence-electron chi connectivity index (χ4n) is 4.76. The van der Waals surface area contributed by atoms with Crippen molar-refractivity contribution in [3.05, 3.63) is 105 Å². The Balaban J connectivity index is 1.64. The molecule has 198 valence electrons. The van der Waals surface area contributed by atoms with Gasteiger partial charge in [0, 0.05) is 23.1 Å². The summed E-state index contributed by atoms with van der Waals surface area (Å²) in [4.78, 5) is 30.2. The Hall–Kier alpha value is -3.42. The van der Waals surface area contributed by atoms with E-state index in [1.54, 1.807) is 29.2 Å². The Labute approximate surface area is 232 Å². The largest absolute Gasteiger partial charge is 0.507 e. The number of ether oxygens (including phenoxy) is 1. The first-order chi connectivity index (χ1) is 18.3. The van der Waals surface area contributed by atoms with Crippen molar-refractivity contribution in [1.29, 1.82) is 0 Å². The van der Waals surface area contributed by atoms with Crippen molar-refractivity contribution in [3.8, 4) is 5.75 Å². The lowest BCUT2D eigenvalue weighted by Gasteiger charge is -2.28. The number of carbonyl (C=O) groups is 2. The van der Waals surface area contributed by atoms with E-state index in [0.29, 0.717) is 31.0 Å². The van der Waals surface area contributed by atoms with Gasteiger partial charge in [-0.1, -0.05) is 71.7 Å². The summed E-state index contributed by atoms with van der Waals surface area (Å²) in [6, 6.07) is 21.9. The molecule has 1 aliphatic heterocycles. The molecule has 1 N–H and O–H groups in total. The van der Waals surface area contributed by atoms with E-state index in [2.05, 4.69) is 40.7 Å². The average Bonchev–Trinajstić information content (AvgIpc) is 3.17. The highest BCUT2D eigenvalue weighted by Crippen LogP contribution is 2.40. The summed E-state index contributed by atoms with van der Waals surface area (Å²) in [5, 5.41) is 11.3. The van der Waals surface area contributed by atoms with Crippen LogP contribution in [0.3, 0.4) is 0 Å². The predicted molar refractivity (Wildman–Crippen MR) is 153 cm³/mol. The molecule has 1 atom stereocenters. The zero-order valence-corrected chi connectivity index (χ0v) is 23.6. The number of rotatable bonds is 10. The van der Waals surface area contributed by atoms with Crippen LogP contribution in [0.1, 0.15) is 42.1 Å². The summed E-state index contributed by atoms with van der Waals surface area (Å²) in [6.45, 7) is 9.31. The lowest BCUT2D eigenvalue weighted by Crippen LogP contribution is -2.38. The van der Waals surface area contributed by atoms with E-state index >= 15 is 0 Å². The summed E-state index contributed by atoms with van der Waals surface area (Å²) in [5.74, 6) is -0.816. The fourth-order valence-corrected chi connectivity index (χ4v) is 5.17. The number of aliphatic hydroxyl groups excluding tert-OH is 1. The Morgan fingerprint density at radius 1 is 1.00 bits per heavy atom. The molecule has 1 saturated heterocycles. The molecule has 1 fully saturated rings. The van der Waals surface area contributed by atoms with E-state index in [0.717, 1.165) is 28.7 Å². The summed E-state index contributed by atoms with van der Waals surface area (Å²) >= 11 is 3.50. The number of Topliss-reactive ketones (excluding diaryl/α,β-unsaturated/α-hetero) is 1. The van der Waals surface area contributed by atoms with Gasteiger partial charge in [-0.2, -0.15) is 0 Å². The molecule has 0 radical (unpaired) electrons. The second-order valence-corrected chi connectivity index (χ2v) is 10.3. The van der Waals surface area contributed by atoms with Gasteiger partial charge in [0.1, 0.15) is 18.1 Å². The number of hydrogen-bond acceptors (Lipinski definition) is 5. The Kier molecular flexibility index (Phi) is 9.02. The number of amides is 1. The lowest BCUT2D eigenvalue weighted by molar-refractivity contribution is -0.140. The number of nitrogens with zero attached hydrogens (tertiary/aromatic N) is 2. The van der Waals surface area contributed by atoms with Gasteiger partial charge >= 0.3 is 0 Å². The molecule has 6 nitrogen and oxygen atoms in total. The zero-order chi connectivity index (χ0) is 27.2. The van der Waals surface area contributed by atoms with Crippen molar-refractivity contribution in [2.75, 3.05) is 26.2 Å². The number of likely N-dealkylation sites (tertiary alicyclic amines) is 1. The highest BCUT2D eigenvalue weighted by molar-refractivity contribution is 9.10. The smallest absolute Gasteiger partial charge is 0.295 e.